The summed E-state index contributed by atoms with van der Waals surface area (Å²) in [5.41, 5.74) is 0.746. The van der Waals surface area contributed by atoms with Gasteiger partial charge in [-0.05, 0) is 34.7 Å². The van der Waals surface area contributed by atoms with Crippen LogP contribution in [0.4, 0.5) is 0 Å². The molecule has 0 spiro atoms. The third-order valence-electron chi connectivity index (χ3n) is 2.57. The Labute approximate surface area is 111 Å². The molecule has 2 rings (SSSR count). The molecule has 1 aromatic carbocycles. The van der Waals surface area contributed by atoms with Crippen LogP contribution in [0.5, 0.6) is 0 Å². The normalized spacial score (nSPS) is 17.4. The van der Waals surface area contributed by atoms with Gasteiger partial charge in [0.15, 0.2) is 0 Å². The van der Waals surface area contributed by atoms with Crippen LogP contribution in [0.2, 0.25) is 0 Å². The number of nitrogens with zero attached hydrogens (tertiary/aromatic N) is 1. The zero-order valence-corrected chi connectivity index (χ0v) is 11.7. The van der Waals surface area contributed by atoms with Gasteiger partial charge in [0.2, 0.25) is 0 Å². The van der Waals surface area contributed by atoms with Gasteiger partial charge in [-0.2, -0.15) is 0 Å². The second-order valence-corrected chi connectivity index (χ2v) is 6.48. The van der Waals surface area contributed by atoms with Gasteiger partial charge < -0.3 is 4.90 Å². The average Bonchev–Trinajstić information content (AvgIpc) is 2.30. The fourth-order valence-corrected chi connectivity index (χ4v) is 3.32. The van der Waals surface area contributed by atoms with Crippen molar-refractivity contribution in [2.24, 2.45) is 0 Å². The highest BCUT2D eigenvalue weighted by Crippen LogP contribution is 2.15. The number of hydrogen-bond donors (Lipinski definition) is 0. The van der Waals surface area contributed by atoms with E-state index in [4.69, 9.17) is 0 Å². The molecule has 1 fully saturated rings. The SMILES string of the molecule is O=C(c1ccccc1I)N1CCS(=O)CC1. The standard InChI is InChI=1S/C11H12INO2S/c12-10-4-2-1-3-9(10)11(14)13-5-7-16(15)8-6-13/h1-4H,5-8H2. The third kappa shape index (κ3) is 2.63. The minimum atomic E-state index is -0.735. The molecule has 0 bridgehead atoms. The molecule has 0 aromatic heterocycles. The average molecular weight is 349 g/mol. The molecule has 0 saturated carbocycles. The molecule has 3 nitrogen and oxygen atoms in total. The Morgan fingerprint density at radius 1 is 1.25 bits per heavy atom. The molecule has 1 heterocycles. The summed E-state index contributed by atoms with van der Waals surface area (Å²) in [5, 5.41) is 0. The van der Waals surface area contributed by atoms with E-state index in [1.165, 1.54) is 0 Å². The Balaban J connectivity index is 2.14. The molecule has 86 valence electrons. The van der Waals surface area contributed by atoms with Crippen molar-refractivity contribution < 1.29 is 9.00 Å². The summed E-state index contributed by atoms with van der Waals surface area (Å²) in [5.74, 6) is 1.27. The van der Waals surface area contributed by atoms with Crippen LogP contribution >= 0.6 is 22.6 Å². The van der Waals surface area contributed by atoms with Gasteiger partial charge in [-0.3, -0.25) is 9.00 Å². The monoisotopic (exact) mass is 349 g/mol. The van der Waals surface area contributed by atoms with E-state index in [0.29, 0.717) is 24.6 Å². The molecule has 0 radical (unpaired) electrons. The summed E-state index contributed by atoms with van der Waals surface area (Å²) >= 11 is 2.17. The number of amides is 1. The molecular weight excluding hydrogens is 337 g/mol. The molecule has 16 heavy (non-hydrogen) atoms. The van der Waals surface area contributed by atoms with E-state index in [-0.39, 0.29) is 5.91 Å². The van der Waals surface area contributed by atoms with Crippen molar-refractivity contribution in [2.75, 3.05) is 24.6 Å². The Hall–Kier alpha value is -0.430. The molecule has 1 amide bonds. The van der Waals surface area contributed by atoms with Gasteiger partial charge in [0.05, 0.1) is 5.56 Å². The molecule has 0 atom stereocenters. The van der Waals surface area contributed by atoms with Crippen molar-refractivity contribution in [1.29, 1.82) is 0 Å². The molecule has 1 aliphatic rings. The lowest BCUT2D eigenvalue weighted by atomic mass is 10.2. The highest BCUT2D eigenvalue weighted by atomic mass is 127. The van der Waals surface area contributed by atoms with Crippen molar-refractivity contribution >= 4 is 39.3 Å². The van der Waals surface area contributed by atoms with Gasteiger partial charge in [-0.25, -0.2) is 0 Å². The summed E-state index contributed by atoms with van der Waals surface area (Å²) in [7, 11) is -0.735. The van der Waals surface area contributed by atoms with E-state index in [1.54, 1.807) is 4.90 Å². The first-order valence-corrected chi connectivity index (χ1v) is 7.64. The van der Waals surface area contributed by atoms with E-state index in [1.807, 2.05) is 24.3 Å². The van der Waals surface area contributed by atoms with Crippen molar-refractivity contribution in [2.45, 2.75) is 0 Å². The lowest BCUT2D eigenvalue weighted by molar-refractivity contribution is 0.0770. The Bertz CT molecular complexity index is 426. The molecular formula is C11H12INO2S. The number of hydrogen-bond acceptors (Lipinski definition) is 2. The molecule has 0 N–H and O–H groups in total. The fourth-order valence-electron chi connectivity index (χ4n) is 1.65. The lowest BCUT2D eigenvalue weighted by Crippen LogP contribution is -2.42. The predicted molar refractivity (Wildman–Crippen MR) is 72.9 cm³/mol. The van der Waals surface area contributed by atoms with E-state index >= 15 is 0 Å². The highest BCUT2D eigenvalue weighted by molar-refractivity contribution is 14.1. The van der Waals surface area contributed by atoms with Gasteiger partial charge in [0, 0.05) is 39.0 Å². The summed E-state index contributed by atoms with van der Waals surface area (Å²) in [6.07, 6.45) is 0. The molecule has 5 heteroatoms. The highest BCUT2D eigenvalue weighted by Gasteiger charge is 2.22. The fraction of sp³-hybridized carbons (Fsp3) is 0.364. The van der Waals surface area contributed by atoms with E-state index in [2.05, 4.69) is 22.6 Å². The Kier molecular flexibility index (Phi) is 3.96. The smallest absolute Gasteiger partial charge is 0.254 e. The second-order valence-electron chi connectivity index (χ2n) is 3.62. The van der Waals surface area contributed by atoms with Crippen LogP contribution < -0.4 is 0 Å². The summed E-state index contributed by atoms with van der Waals surface area (Å²) in [4.78, 5) is 13.9. The summed E-state index contributed by atoms with van der Waals surface area (Å²) in [6, 6.07) is 7.56. The van der Waals surface area contributed by atoms with Gasteiger partial charge >= 0.3 is 0 Å². The predicted octanol–water partition coefficient (Wildman–Crippen LogP) is 1.50. The molecule has 1 aromatic rings. The molecule has 0 aliphatic carbocycles. The van der Waals surface area contributed by atoms with Gasteiger partial charge in [-0.1, -0.05) is 12.1 Å². The summed E-state index contributed by atoms with van der Waals surface area (Å²) in [6.45, 7) is 1.22. The van der Waals surface area contributed by atoms with E-state index in [9.17, 15) is 9.00 Å². The molecule has 1 aliphatic heterocycles. The topological polar surface area (TPSA) is 37.4 Å². The molecule has 0 unspecified atom stereocenters. The number of benzene rings is 1. The van der Waals surface area contributed by atoms with Crippen molar-refractivity contribution in [3.8, 4) is 0 Å². The van der Waals surface area contributed by atoms with Crippen molar-refractivity contribution in [1.82, 2.24) is 4.90 Å². The first kappa shape index (κ1) is 12.0. The van der Waals surface area contributed by atoms with Crippen LogP contribution in [0.15, 0.2) is 24.3 Å². The second kappa shape index (κ2) is 5.27. The minimum Gasteiger partial charge on any atom is -0.337 e. The van der Waals surface area contributed by atoms with Gasteiger partial charge in [-0.15, -0.1) is 0 Å². The largest absolute Gasteiger partial charge is 0.337 e. The number of rotatable bonds is 1. The van der Waals surface area contributed by atoms with Gasteiger partial charge in [0.25, 0.3) is 5.91 Å². The maximum atomic E-state index is 12.1. The maximum absolute atomic E-state index is 12.1. The van der Waals surface area contributed by atoms with Crippen LogP contribution in [-0.4, -0.2) is 39.6 Å². The van der Waals surface area contributed by atoms with Crippen molar-refractivity contribution in [3.63, 3.8) is 0 Å². The number of halogens is 1. The summed E-state index contributed by atoms with van der Waals surface area (Å²) < 4.78 is 12.2. The molecule has 1 saturated heterocycles. The van der Waals surface area contributed by atoms with Crippen LogP contribution in [0, 0.1) is 3.57 Å². The lowest BCUT2D eigenvalue weighted by Gasteiger charge is -2.26. The number of carbonyl (C=O) groups is 1. The number of carbonyl (C=O) groups excluding carboxylic acids is 1. The van der Waals surface area contributed by atoms with Gasteiger partial charge in [0.1, 0.15) is 0 Å². The Morgan fingerprint density at radius 3 is 2.50 bits per heavy atom. The van der Waals surface area contributed by atoms with Crippen LogP contribution in [0.3, 0.4) is 0 Å². The third-order valence-corrected chi connectivity index (χ3v) is 4.79. The van der Waals surface area contributed by atoms with Crippen LogP contribution in [-0.2, 0) is 10.8 Å². The van der Waals surface area contributed by atoms with Crippen LogP contribution in [0.25, 0.3) is 0 Å². The first-order chi connectivity index (χ1) is 7.68. The maximum Gasteiger partial charge on any atom is 0.254 e. The van der Waals surface area contributed by atoms with E-state index < -0.39 is 10.8 Å². The first-order valence-electron chi connectivity index (χ1n) is 5.07. The Morgan fingerprint density at radius 2 is 1.88 bits per heavy atom. The zero-order valence-electron chi connectivity index (χ0n) is 8.69. The quantitative estimate of drug-likeness (QED) is 0.721. The van der Waals surface area contributed by atoms with E-state index in [0.717, 1.165) is 9.13 Å². The zero-order chi connectivity index (χ0) is 11.5. The van der Waals surface area contributed by atoms with Crippen LogP contribution in [0.1, 0.15) is 10.4 Å². The van der Waals surface area contributed by atoms with Crippen molar-refractivity contribution in [3.05, 3.63) is 33.4 Å². The minimum absolute atomic E-state index is 0.0571.